The van der Waals surface area contributed by atoms with E-state index in [0.717, 1.165) is 28.7 Å². The highest BCUT2D eigenvalue weighted by Crippen LogP contribution is 2.13. The van der Waals surface area contributed by atoms with Gasteiger partial charge in [-0.1, -0.05) is 60.2 Å². The van der Waals surface area contributed by atoms with Gasteiger partial charge in [0.05, 0.1) is 11.8 Å². The lowest BCUT2D eigenvalue weighted by atomic mass is 10.1. The molecule has 128 valence electrons. The summed E-state index contributed by atoms with van der Waals surface area (Å²) in [6.07, 6.45) is 5.73. The Morgan fingerprint density at radius 1 is 1.04 bits per heavy atom. The third kappa shape index (κ3) is 3.40. The molecule has 2 aromatic carbocycles. The molecule has 0 fully saturated rings. The molecule has 0 saturated heterocycles. The summed E-state index contributed by atoms with van der Waals surface area (Å²) >= 11 is 0. The molecule has 0 amide bonds. The van der Waals surface area contributed by atoms with Crippen LogP contribution in [-0.4, -0.2) is 15.3 Å². The summed E-state index contributed by atoms with van der Waals surface area (Å²) in [5.74, 6) is 0.0954. The van der Waals surface area contributed by atoms with Crippen LogP contribution in [-0.2, 0) is 13.1 Å². The number of rotatable bonds is 5. The molecule has 0 radical (unpaired) electrons. The molecular formula is C22H20N3O+. The number of carbonyl (C=O) groups excluding carboxylic acids is 1. The van der Waals surface area contributed by atoms with Crippen molar-refractivity contribution in [3.8, 4) is 0 Å². The fourth-order valence-electron chi connectivity index (χ4n) is 3.06. The average Bonchev–Trinajstić information content (AvgIpc) is 3.05. The molecule has 0 spiro atoms. The van der Waals surface area contributed by atoms with E-state index in [-0.39, 0.29) is 5.78 Å². The van der Waals surface area contributed by atoms with Crippen molar-refractivity contribution in [1.29, 1.82) is 0 Å². The fourth-order valence-corrected chi connectivity index (χ4v) is 3.06. The first-order valence-corrected chi connectivity index (χ1v) is 8.67. The molecule has 26 heavy (non-hydrogen) atoms. The summed E-state index contributed by atoms with van der Waals surface area (Å²) in [5, 5.41) is 0. The van der Waals surface area contributed by atoms with Gasteiger partial charge in [-0.3, -0.25) is 4.79 Å². The topological polar surface area (TPSA) is 38.8 Å². The van der Waals surface area contributed by atoms with Gasteiger partial charge >= 0.3 is 0 Å². The first-order chi connectivity index (χ1) is 12.7. The molecule has 0 unspecified atom stereocenters. The molecule has 4 rings (SSSR count). The number of aryl methyl sites for hydroxylation is 1. The van der Waals surface area contributed by atoms with E-state index in [2.05, 4.69) is 21.7 Å². The first kappa shape index (κ1) is 16.2. The SMILES string of the molecule is Cc1ccc(C(=O)C[n+]2ccc3c(c2)ncn3Cc2ccccc2)cc1. The van der Waals surface area contributed by atoms with Gasteiger partial charge in [-0.05, 0) is 12.5 Å². The minimum Gasteiger partial charge on any atom is -0.326 e. The Kier molecular flexibility index (Phi) is 4.32. The molecule has 0 bridgehead atoms. The number of aromatic nitrogens is 3. The van der Waals surface area contributed by atoms with Gasteiger partial charge in [0.15, 0.2) is 17.9 Å². The maximum absolute atomic E-state index is 12.5. The molecule has 0 aliphatic rings. The Bertz CT molecular complexity index is 1050. The summed E-state index contributed by atoms with van der Waals surface area (Å²) in [6, 6.07) is 20.0. The Hall–Kier alpha value is -3.27. The lowest BCUT2D eigenvalue weighted by Gasteiger charge is -2.04. The van der Waals surface area contributed by atoms with E-state index in [1.807, 2.05) is 78.7 Å². The molecule has 4 heteroatoms. The Balaban J connectivity index is 1.55. The van der Waals surface area contributed by atoms with E-state index < -0.39 is 0 Å². The zero-order valence-corrected chi connectivity index (χ0v) is 14.7. The quantitative estimate of drug-likeness (QED) is 0.411. The first-order valence-electron chi connectivity index (χ1n) is 8.67. The van der Waals surface area contributed by atoms with Gasteiger partial charge < -0.3 is 4.57 Å². The molecule has 4 nitrogen and oxygen atoms in total. The zero-order valence-electron chi connectivity index (χ0n) is 14.7. The van der Waals surface area contributed by atoms with Crippen LogP contribution in [0.3, 0.4) is 0 Å². The predicted molar refractivity (Wildman–Crippen MR) is 101 cm³/mol. The number of pyridine rings is 1. The molecule has 0 saturated carbocycles. The van der Waals surface area contributed by atoms with E-state index in [0.29, 0.717) is 6.54 Å². The predicted octanol–water partition coefficient (Wildman–Crippen LogP) is 3.56. The lowest BCUT2D eigenvalue weighted by Crippen LogP contribution is -2.37. The molecule has 2 heterocycles. The highest BCUT2D eigenvalue weighted by molar-refractivity contribution is 5.95. The minimum atomic E-state index is 0.0954. The largest absolute Gasteiger partial charge is 0.326 e. The number of benzene rings is 2. The average molecular weight is 342 g/mol. The van der Waals surface area contributed by atoms with Crippen LogP contribution < -0.4 is 4.57 Å². The number of hydrogen-bond donors (Lipinski definition) is 0. The van der Waals surface area contributed by atoms with Gasteiger partial charge in [0.1, 0.15) is 0 Å². The van der Waals surface area contributed by atoms with Crippen molar-refractivity contribution in [2.45, 2.75) is 20.0 Å². The van der Waals surface area contributed by atoms with Gasteiger partial charge in [-0.15, -0.1) is 0 Å². The lowest BCUT2D eigenvalue weighted by molar-refractivity contribution is -0.681. The minimum absolute atomic E-state index is 0.0954. The van der Waals surface area contributed by atoms with Crippen molar-refractivity contribution in [2.24, 2.45) is 0 Å². The number of fused-ring (bicyclic) bond motifs is 1. The van der Waals surface area contributed by atoms with Crippen LogP contribution in [0, 0.1) is 6.92 Å². The van der Waals surface area contributed by atoms with E-state index in [1.165, 1.54) is 5.56 Å². The summed E-state index contributed by atoms with van der Waals surface area (Å²) in [5.41, 5.74) is 5.07. The number of imidazole rings is 1. The van der Waals surface area contributed by atoms with Crippen molar-refractivity contribution in [2.75, 3.05) is 0 Å². The third-order valence-corrected chi connectivity index (χ3v) is 4.52. The molecule has 4 aromatic rings. The van der Waals surface area contributed by atoms with Crippen molar-refractivity contribution >= 4 is 16.8 Å². The highest BCUT2D eigenvalue weighted by Gasteiger charge is 2.14. The number of nitrogens with zero attached hydrogens (tertiary/aromatic N) is 3. The Morgan fingerprint density at radius 2 is 1.81 bits per heavy atom. The number of hydrogen-bond acceptors (Lipinski definition) is 2. The second kappa shape index (κ2) is 6.92. The monoisotopic (exact) mass is 342 g/mol. The normalized spacial score (nSPS) is 11.0. The summed E-state index contributed by atoms with van der Waals surface area (Å²) < 4.78 is 4.02. The zero-order chi connectivity index (χ0) is 17.9. The molecule has 2 aromatic heterocycles. The molecule has 0 aliphatic carbocycles. The van der Waals surface area contributed by atoms with Crippen molar-refractivity contribution in [1.82, 2.24) is 9.55 Å². The Morgan fingerprint density at radius 3 is 2.58 bits per heavy atom. The number of ketones is 1. The van der Waals surface area contributed by atoms with Crippen LogP contribution in [0.15, 0.2) is 79.4 Å². The van der Waals surface area contributed by atoms with Crippen molar-refractivity contribution in [3.63, 3.8) is 0 Å². The maximum atomic E-state index is 12.5. The molecule has 0 aliphatic heterocycles. The summed E-state index contributed by atoms with van der Waals surface area (Å²) in [7, 11) is 0. The summed E-state index contributed by atoms with van der Waals surface area (Å²) in [4.78, 5) is 17.0. The van der Waals surface area contributed by atoms with Crippen LogP contribution in [0.5, 0.6) is 0 Å². The number of Topliss-reactive ketones (excluding diaryl/α,β-unsaturated/α-hetero) is 1. The molecule has 0 atom stereocenters. The molecular weight excluding hydrogens is 322 g/mol. The van der Waals surface area contributed by atoms with E-state index in [4.69, 9.17) is 0 Å². The second-order valence-corrected chi connectivity index (χ2v) is 6.53. The third-order valence-electron chi connectivity index (χ3n) is 4.52. The van der Waals surface area contributed by atoms with E-state index in [9.17, 15) is 4.79 Å². The van der Waals surface area contributed by atoms with E-state index >= 15 is 0 Å². The van der Waals surface area contributed by atoms with Gasteiger partial charge in [-0.25, -0.2) is 4.98 Å². The van der Waals surface area contributed by atoms with Gasteiger partial charge in [0.2, 0.25) is 12.3 Å². The van der Waals surface area contributed by atoms with Crippen molar-refractivity contribution in [3.05, 3.63) is 96.1 Å². The maximum Gasteiger partial charge on any atom is 0.227 e. The Labute approximate surface area is 152 Å². The van der Waals surface area contributed by atoms with Gasteiger partial charge in [0, 0.05) is 18.2 Å². The molecule has 0 N–H and O–H groups in total. The smallest absolute Gasteiger partial charge is 0.227 e. The second-order valence-electron chi connectivity index (χ2n) is 6.53. The van der Waals surface area contributed by atoms with E-state index in [1.54, 1.807) is 0 Å². The highest BCUT2D eigenvalue weighted by atomic mass is 16.1. The van der Waals surface area contributed by atoms with Crippen molar-refractivity contribution < 1.29 is 9.36 Å². The van der Waals surface area contributed by atoms with Crippen LogP contribution in [0.25, 0.3) is 11.0 Å². The fraction of sp³-hybridized carbons (Fsp3) is 0.136. The van der Waals surface area contributed by atoms with Gasteiger partial charge in [-0.2, -0.15) is 4.57 Å². The van der Waals surface area contributed by atoms with Crippen LogP contribution >= 0.6 is 0 Å². The van der Waals surface area contributed by atoms with Crippen LogP contribution in [0.1, 0.15) is 21.5 Å². The van der Waals surface area contributed by atoms with Gasteiger partial charge in [0.25, 0.3) is 0 Å². The summed E-state index contributed by atoms with van der Waals surface area (Å²) in [6.45, 7) is 3.11. The van der Waals surface area contributed by atoms with Crippen LogP contribution in [0.4, 0.5) is 0 Å². The van der Waals surface area contributed by atoms with Crippen LogP contribution in [0.2, 0.25) is 0 Å². The standard InChI is InChI=1S/C22H20N3O/c1-17-7-9-19(10-8-17)22(26)15-24-12-11-21-20(14-24)23-16-25(21)13-18-5-3-2-4-6-18/h2-12,14,16H,13,15H2,1H3/q+1. The number of carbonyl (C=O) groups is 1.